The number of aryl methyl sites for hydroxylation is 1. The van der Waals surface area contributed by atoms with Gasteiger partial charge in [-0.2, -0.15) is 0 Å². The van der Waals surface area contributed by atoms with E-state index in [1.807, 2.05) is 31.2 Å². The fourth-order valence-electron chi connectivity index (χ4n) is 3.90. The van der Waals surface area contributed by atoms with Crippen molar-refractivity contribution in [1.82, 2.24) is 19.5 Å². The quantitative estimate of drug-likeness (QED) is 0.490. The monoisotopic (exact) mass is 443 g/mol. The van der Waals surface area contributed by atoms with Crippen molar-refractivity contribution in [2.45, 2.75) is 48.8 Å². The molecule has 10 heteroatoms. The Morgan fingerprint density at radius 2 is 2.00 bits per heavy atom. The van der Waals surface area contributed by atoms with Crippen molar-refractivity contribution < 1.29 is 19.7 Å². The second-order valence-electron chi connectivity index (χ2n) is 7.92. The Hall–Kier alpha value is -2.24. The van der Waals surface area contributed by atoms with Crippen LogP contribution in [0.2, 0.25) is 0 Å². The summed E-state index contributed by atoms with van der Waals surface area (Å²) < 4.78 is 13.1. The van der Waals surface area contributed by atoms with Gasteiger partial charge in [-0.1, -0.05) is 17.7 Å². The zero-order chi connectivity index (χ0) is 21.4. The molecular weight excluding hydrogens is 418 g/mol. The number of anilines is 1. The summed E-state index contributed by atoms with van der Waals surface area (Å²) in [4.78, 5) is 14.2. The molecule has 31 heavy (non-hydrogen) atoms. The van der Waals surface area contributed by atoms with Crippen LogP contribution in [-0.4, -0.2) is 73.1 Å². The molecule has 9 nitrogen and oxygen atoms in total. The number of imidazole rings is 1. The Kier molecular flexibility index (Phi) is 5.81. The molecule has 164 valence electrons. The van der Waals surface area contributed by atoms with Gasteiger partial charge in [0.05, 0.1) is 25.1 Å². The van der Waals surface area contributed by atoms with E-state index < -0.39 is 24.5 Å². The molecule has 0 spiro atoms. The number of rotatable bonds is 6. The SMILES string of the molecule is Cc1ccc(SC[C@H]2O[C@@H](n3cnc4c(N[C@@H]5CCOC5)ncnc43)[C@H](O)[C@@H]2O)cc1. The van der Waals surface area contributed by atoms with Gasteiger partial charge in [0.1, 0.15) is 18.5 Å². The summed E-state index contributed by atoms with van der Waals surface area (Å²) in [6.07, 6.45) is 0.557. The molecule has 2 saturated heterocycles. The molecule has 2 aromatic heterocycles. The third kappa shape index (κ3) is 4.13. The highest BCUT2D eigenvalue weighted by Gasteiger charge is 2.44. The van der Waals surface area contributed by atoms with Gasteiger partial charge in [0.2, 0.25) is 0 Å². The van der Waals surface area contributed by atoms with Crippen molar-refractivity contribution in [3.05, 3.63) is 42.5 Å². The van der Waals surface area contributed by atoms with Gasteiger partial charge in [-0.25, -0.2) is 15.0 Å². The maximum Gasteiger partial charge on any atom is 0.167 e. The number of hydrogen-bond donors (Lipinski definition) is 3. The normalized spacial score (nSPS) is 28.4. The third-order valence-corrected chi connectivity index (χ3v) is 6.78. The first-order valence-electron chi connectivity index (χ1n) is 10.3. The topological polar surface area (TPSA) is 115 Å². The first-order chi connectivity index (χ1) is 15.1. The number of ether oxygens (including phenoxy) is 2. The van der Waals surface area contributed by atoms with Crippen molar-refractivity contribution in [2.24, 2.45) is 0 Å². The summed E-state index contributed by atoms with van der Waals surface area (Å²) in [5, 5.41) is 24.6. The largest absolute Gasteiger partial charge is 0.387 e. The van der Waals surface area contributed by atoms with Crippen molar-refractivity contribution in [3.8, 4) is 0 Å². The first-order valence-corrected chi connectivity index (χ1v) is 11.3. The lowest BCUT2D eigenvalue weighted by molar-refractivity contribution is -0.0289. The molecule has 2 aliphatic heterocycles. The minimum absolute atomic E-state index is 0.182. The molecular formula is C21H25N5O4S. The summed E-state index contributed by atoms with van der Waals surface area (Å²) >= 11 is 1.59. The minimum Gasteiger partial charge on any atom is -0.387 e. The van der Waals surface area contributed by atoms with Crippen LogP contribution < -0.4 is 5.32 Å². The summed E-state index contributed by atoms with van der Waals surface area (Å²) in [5.41, 5.74) is 2.33. The van der Waals surface area contributed by atoms with Crippen LogP contribution in [0.1, 0.15) is 18.2 Å². The Labute approximate surface area is 183 Å². The molecule has 3 aromatic rings. The van der Waals surface area contributed by atoms with E-state index in [9.17, 15) is 10.2 Å². The lowest BCUT2D eigenvalue weighted by Crippen LogP contribution is -2.32. The lowest BCUT2D eigenvalue weighted by atomic mass is 10.1. The Bertz CT molecular complexity index is 1040. The molecule has 4 heterocycles. The standard InChI is InChI=1S/C21H25N5O4S/c1-12-2-4-14(5-3-12)31-9-15-17(27)18(28)21(30-15)26-11-24-16-19(22-10-23-20(16)26)25-13-6-7-29-8-13/h2-5,10-11,13,15,17-18,21,27-28H,6-9H2,1H3,(H,22,23,25)/t13-,15-,17-,18-,21-/m1/s1. The highest BCUT2D eigenvalue weighted by Crippen LogP contribution is 2.35. The van der Waals surface area contributed by atoms with E-state index in [1.165, 1.54) is 11.9 Å². The summed E-state index contributed by atoms with van der Waals surface area (Å²) in [6, 6.07) is 8.36. The predicted molar refractivity (Wildman–Crippen MR) is 116 cm³/mol. The van der Waals surface area contributed by atoms with Crippen LogP contribution in [0.25, 0.3) is 11.2 Å². The number of hydrogen-bond acceptors (Lipinski definition) is 9. The Morgan fingerprint density at radius 1 is 1.16 bits per heavy atom. The smallest absolute Gasteiger partial charge is 0.167 e. The maximum atomic E-state index is 10.7. The third-order valence-electron chi connectivity index (χ3n) is 5.68. The van der Waals surface area contributed by atoms with Gasteiger partial charge in [0, 0.05) is 17.3 Å². The van der Waals surface area contributed by atoms with Crippen LogP contribution in [0.5, 0.6) is 0 Å². The molecule has 0 unspecified atom stereocenters. The zero-order valence-electron chi connectivity index (χ0n) is 17.1. The van der Waals surface area contributed by atoms with Crippen molar-refractivity contribution in [2.75, 3.05) is 24.3 Å². The van der Waals surface area contributed by atoms with E-state index in [2.05, 4.69) is 20.3 Å². The Balaban J connectivity index is 1.33. The molecule has 0 saturated carbocycles. The van der Waals surface area contributed by atoms with Crippen molar-refractivity contribution in [3.63, 3.8) is 0 Å². The molecule has 3 N–H and O–H groups in total. The van der Waals surface area contributed by atoms with Crippen LogP contribution in [0.15, 0.2) is 41.8 Å². The molecule has 0 radical (unpaired) electrons. The molecule has 1 aromatic carbocycles. The van der Waals surface area contributed by atoms with Crippen LogP contribution in [0, 0.1) is 6.92 Å². The van der Waals surface area contributed by atoms with Gasteiger partial charge < -0.3 is 25.0 Å². The van der Waals surface area contributed by atoms with Gasteiger partial charge in [-0.05, 0) is 25.5 Å². The number of benzene rings is 1. The number of fused-ring (bicyclic) bond motifs is 1. The number of thioether (sulfide) groups is 1. The van der Waals surface area contributed by atoms with E-state index in [4.69, 9.17) is 9.47 Å². The van der Waals surface area contributed by atoms with Gasteiger partial charge >= 0.3 is 0 Å². The average molecular weight is 444 g/mol. The molecule has 0 aliphatic carbocycles. The number of aromatic nitrogens is 4. The number of nitrogens with zero attached hydrogens (tertiary/aromatic N) is 4. The van der Waals surface area contributed by atoms with E-state index in [0.717, 1.165) is 17.9 Å². The van der Waals surface area contributed by atoms with E-state index in [0.29, 0.717) is 29.3 Å². The van der Waals surface area contributed by atoms with E-state index in [1.54, 1.807) is 22.7 Å². The number of nitrogens with one attached hydrogen (secondary N) is 1. The molecule has 0 amide bonds. The Morgan fingerprint density at radius 3 is 2.77 bits per heavy atom. The van der Waals surface area contributed by atoms with Crippen LogP contribution >= 0.6 is 11.8 Å². The maximum absolute atomic E-state index is 10.7. The molecule has 0 bridgehead atoms. The fraction of sp³-hybridized carbons (Fsp3) is 0.476. The summed E-state index contributed by atoms with van der Waals surface area (Å²) in [7, 11) is 0. The molecule has 5 rings (SSSR count). The fourth-order valence-corrected chi connectivity index (χ4v) is 4.86. The number of aliphatic hydroxyl groups excluding tert-OH is 2. The molecule has 2 fully saturated rings. The zero-order valence-corrected chi connectivity index (χ0v) is 17.9. The average Bonchev–Trinajstić information content (AvgIpc) is 3.50. The van der Waals surface area contributed by atoms with Crippen LogP contribution in [0.3, 0.4) is 0 Å². The van der Waals surface area contributed by atoms with Gasteiger partial charge in [-0.3, -0.25) is 4.57 Å². The van der Waals surface area contributed by atoms with Crippen LogP contribution in [-0.2, 0) is 9.47 Å². The van der Waals surface area contributed by atoms with Crippen LogP contribution in [0.4, 0.5) is 5.82 Å². The number of aliphatic hydroxyl groups is 2. The van der Waals surface area contributed by atoms with Gasteiger partial charge in [0.15, 0.2) is 23.2 Å². The van der Waals surface area contributed by atoms with Gasteiger partial charge in [0.25, 0.3) is 0 Å². The predicted octanol–water partition coefficient (Wildman–Crippen LogP) is 1.75. The highest BCUT2D eigenvalue weighted by atomic mass is 32.2. The molecule has 2 aliphatic rings. The first kappa shape index (κ1) is 20.7. The van der Waals surface area contributed by atoms with Gasteiger partial charge in [-0.15, -0.1) is 11.8 Å². The summed E-state index contributed by atoms with van der Waals surface area (Å²) in [6.45, 7) is 3.40. The lowest BCUT2D eigenvalue weighted by Gasteiger charge is -2.17. The minimum atomic E-state index is -1.09. The molecule has 5 atom stereocenters. The van der Waals surface area contributed by atoms with E-state index >= 15 is 0 Å². The second-order valence-corrected chi connectivity index (χ2v) is 9.01. The summed E-state index contributed by atoms with van der Waals surface area (Å²) in [5.74, 6) is 1.15. The van der Waals surface area contributed by atoms with Crippen molar-refractivity contribution >= 4 is 28.7 Å². The van der Waals surface area contributed by atoms with Crippen molar-refractivity contribution in [1.29, 1.82) is 0 Å². The second kappa shape index (κ2) is 8.71. The highest BCUT2D eigenvalue weighted by molar-refractivity contribution is 7.99. The van der Waals surface area contributed by atoms with E-state index in [-0.39, 0.29) is 6.04 Å².